The number of hydrogen-bond donors (Lipinski definition) is 1. The van der Waals surface area contributed by atoms with E-state index in [1.165, 1.54) is 24.0 Å². The molecule has 1 fully saturated rings. The van der Waals surface area contributed by atoms with Crippen LogP contribution in [0.15, 0.2) is 36.4 Å². The number of aromatic nitrogens is 2. The van der Waals surface area contributed by atoms with E-state index in [0.29, 0.717) is 29.8 Å². The Hall–Kier alpha value is -2.86. The van der Waals surface area contributed by atoms with Crippen LogP contribution in [0.25, 0.3) is 10.9 Å². The summed E-state index contributed by atoms with van der Waals surface area (Å²) in [5.41, 5.74) is 9.84. The van der Waals surface area contributed by atoms with Crippen LogP contribution in [-0.4, -0.2) is 42.2 Å². The highest BCUT2D eigenvalue weighted by Crippen LogP contribution is 2.34. The maximum Gasteiger partial charge on any atom is 0.162 e. The number of ether oxygens (including phenoxy) is 2. The topological polar surface area (TPSA) is 73.5 Å². The first-order chi connectivity index (χ1) is 14.1. The molecule has 1 aromatic heterocycles. The van der Waals surface area contributed by atoms with Crippen molar-refractivity contribution in [3.8, 4) is 11.5 Å². The van der Waals surface area contributed by atoms with E-state index in [2.05, 4.69) is 41.1 Å². The van der Waals surface area contributed by atoms with Gasteiger partial charge in [0.25, 0.3) is 0 Å². The fourth-order valence-electron chi connectivity index (χ4n) is 4.30. The molecule has 1 unspecified atom stereocenters. The van der Waals surface area contributed by atoms with Gasteiger partial charge in [-0.15, -0.1) is 0 Å². The van der Waals surface area contributed by atoms with Crippen LogP contribution < -0.4 is 15.2 Å². The van der Waals surface area contributed by atoms with Crippen molar-refractivity contribution < 1.29 is 9.47 Å². The van der Waals surface area contributed by atoms with Crippen LogP contribution in [0.2, 0.25) is 0 Å². The number of hydrogen-bond acceptors (Lipinski definition) is 6. The highest BCUT2D eigenvalue weighted by atomic mass is 16.5. The Morgan fingerprint density at radius 2 is 1.86 bits per heavy atom. The van der Waals surface area contributed by atoms with E-state index in [9.17, 15) is 0 Å². The summed E-state index contributed by atoms with van der Waals surface area (Å²) < 4.78 is 10.8. The van der Waals surface area contributed by atoms with E-state index >= 15 is 0 Å². The third kappa shape index (κ3) is 3.98. The molecule has 1 aliphatic heterocycles. The Bertz CT molecular complexity index is 1020. The minimum absolute atomic E-state index is 0.471. The second kappa shape index (κ2) is 8.25. The summed E-state index contributed by atoms with van der Waals surface area (Å²) in [7, 11) is 3.23. The van der Waals surface area contributed by atoms with Gasteiger partial charge in [-0.25, -0.2) is 9.97 Å². The van der Waals surface area contributed by atoms with Crippen molar-refractivity contribution in [3.63, 3.8) is 0 Å². The minimum atomic E-state index is 0.471. The predicted molar refractivity (Wildman–Crippen MR) is 115 cm³/mol. The number of rotatable bonds is 5. The number of methoxy groups -OCH3 is 2. The third-order valence-corrected chi connectivity index (χ3v) is 5.78. The lowest BCUT2D eigenvalue weighted by Crippen LogP contribution is -2.34. The smallest absolute Gasteiger partial charge is 0.162 e. The number of benzene rings is 2. The van der Waals surface area contributed by atoms with Crippen molar-refractivity contribution in [1.29, 1.82) is 0 Å². The molecule has 0 spiro atoms. The molecule has 152 valence electrons. The van der Waals surface area contributed by atoms with Crippen molar-refractivity contribution in [2.45, 2.75) is 32.2 Å². The van der Waals surface area contributed by atoms with Gasteiger partial charge in [-0.05, 0) is 49.4 Å². The second-order valence-electron chi connectivity index (χ2n) is 7.68. The fourth-order valence-corrected chi connectivity index (χ4v) is 4.30. The maximum absolute atomic E-state index is 6.25. The van der Waals surface area contributed by atoms with E-state index in [1.807, 2.05) is 12.1 Å². The van der Waals surface area contributed by atoms with Crippen LogP contribution in [0.3, 0.4) is 0 Å². The lowest BCUT2D eigenvalue weighted by Gasteiger charge is -2.33. The molecule has 2 N–H and O–H groups in total. The van der Waals surface area contributed by atoms with Gasteiger partial charge >= 0.3 is 0 Å². The molecule has 0 saturated carbocycles. The summed E-state index contributed by atoms with van der Waals surface area (Å²) in [5, 5.41) is 0.780. The number of fused-ring (bicyclic) bond motifs is 1. The zero-order valence-electron chi connectivity index (χ0n) is 17.3. The van der Waals surface area contributed by atoms with Crippen LogP contribution in [0.4, 0.5) is 5.82 Å². The number of likely N-dealkylation sites (tertiary alicyclic amines) is 1. The van der Waals surface area contributed by atoms with Gasteiger partial charge in [-0.2, -0.15) is 0 Å². The van der Waals surface area contributed by atoms with Crippen LogP contribution in [-0.2, 0) is 6.54 Å². The number of aryl methyl sites for hydroxylation is 1. The maximum atomic E-state index is 6.25. The Morgan fingerprint density at radius 1 is 1.10 bits per heavy atom. The Kier molecular flexibility index (Phi) is 5.53. The molecule has 1 saturated heterocycles. The molecule has 6 nitrogen and oxygen atoms in total. The Balaban J connectivity index is 1.58. The monoisotopic (exact) mass is 392 g/mol. The largest absolute Gasteiger partial charge is 0.493 e. The molecule has 6 heteroatoms. The van der Waals surface area contributed by atoms with E-state index in [1.54, 1.807) is 14.2 Å². The van der Waals surface area contributed by atoms with Gasteiger partial charge in [0, 0.05) is 18.0 Å². The van der Waals surface area contributed by atoms with Crippen LogP contribution >= 0.6 is 0 Å². The van der Waals surface area contributed by atoms with Gasteiger partial charge in [0.1, 0.15) is 11.6 Å². The molecule has 3 aromatic rings. The summed E-state index contributed by atoms with van der Waals surface area (Å²) in [4.78, 5) is 11.8. The summed E-state index contributed by atoms with van der Waals surface area (Å²) in [6, 6.07) is 12.4. The highest BCUT2D eigenvalue weighted by molar-refractivity contribution is 5.90. The molecule has 0 bridgehead atoms. The summed E-state index contributed by atoms with van der Waals surface area (Å²) in [6.45, 7) is 4.95. The first kappa shape index (κ1) is 19.5. The lowest BCUT2D eigenvalue weighted by atomic mass is 9.88. The van der Waals surface area contributed by atoms with E-state index in [4.69, 9.17) is 20.2 Å². The van der Waals surface area contributed by atoms with Gasteiger partial charge in [-0.1, -0.05) is 24.3 Å². The van der Waals surface area contributed by atoms with Gasteiger partial charge in [0.2, 0.25) is 0 Å². The summed E-state index contributed by atoms with van der Waals surface area (Å²) in [5.74, 6) is 3.03. The normalized spacial score (nSPS) is 17.4. The summed E-state index contributed by atoms with van der Waals surface area (Å²) in [6.07, 6.45) is 2.39. The Morgan fingerprint density at radius 3 is 2.62 bits per heavy atom. The Labute approximate surface area is 171 Å². The molecule has 2 heterocycles. The third-order valence-electron chi connectivity index (χ3n) is 5.78. The molecule has 29 heavy (non-hydrogen) atoms. The van der Waals surface area contributed by atoms with E-state index < -0.39 is 0 Å². The van der Waals surface area contributed by atoms with Gasteiger partial charge < -0.3 is 15.2 Å². The zero-order chi connectivity index (χ0) is 20.4. The molecule has 0 amide bonds. The average molecular weight is 393 g/mol. The number of anilines is 1. The van der Waals surface area contributed by atoms with Crippen LogP contribution in [0.5, 0.6) is 11.5 Å². The quantitative estimate of drug-likeness (QED) is 0.709. The van der Waals surface area contributed by atoms with Gasteiger partial charge in [0.05, 0.1) is 26.3 Å². The molecule has 1 aliphatic rings. The fraction of sp³-hybridized carbons (Fsp3) is 0.391. The number of nitrogens with zero attached hydrogens (tertiary/aromatic N) is 3. The molecule has 4 rings (SSSR count). The molecule has 0 radical (unpaired) electrons. The van der Waals surface area contributed by atoms with Gasteiger partial charge in [0.15, 0.2) is 11.5 Å². The average Bonchev–Trinajstić information content (AvgIpc) is 2.73. The van der Waals surface area contributed by atoms with Crippen molar-refractivity contribution in [2.75, 3.05) is 33.0 Å². The summed E-state index contributed by atoms with van der Waals surface area (Å²) >= 11 is 0. The minimum Gasteiger partial charge on any atom is -0.493 e. The molecule has 2 aromatic carbocycles. The molecule has 1 atom stereocenters. The van der Waals surface area contributed by atoms with E-state index in [0.717, 1.165) is 29.8 Å². The zero-order valence-corrected chi connectivity index (χ0v) is 17.3. The first-order valence-electron chi connectivity index (χ1n) is 10.0. The van der Waals surface area contributed by atoms with Gasteiger partial charge in [-0.3, -0.25) is 4.90 Å². The van der Waals surface area contributed by atoms with Crippen molar-refractivity contribution in [2.24, 2.45) is 0 Å². The number of nitrogens with two attached hydrogens (primary N) is 1. The number of nitrogen functional groups attached to an aromatic ring is 1. The van der Waals surface area contributed by atoms with Crippen molar-refractivity contribution >= 4 is 16.7 Å². The standard InChI is InChI=1S/C23H28N4O2/c1-15-7-4-5-9-17(15)16-8-6-10-27(13-16)14-22-25-19-12-21(29-3)20(28-2)11-18(19)23(24)26-22/h4-5,7,9,11-12,16H,6,8,10,13-14H2,1-3H3,(H2,24,25,26). The lowest BCUT2D eigenvalue weighted by molar-refractivity contribution is 0.196. The SMILES string of the molecule is COc1cc2nc(CN3CCCC(c4ccccc4C)C3)nc(N)c2cc1OC. The van der Waals surface area contributed by atoms with Crippen LogP contribution in [0.1, 0.15) is 35.7 Å². The number of piperidine rings is 1. The van der Waals surface area contributed by atoms with Crippen molar-refractivity contribution in [3.05, 3.63) is 53.3 Å². The predicted octanol–water partition coefficient (Wildman–Crippen LogP) is 3.92. The van der Waals surface area contributed by atoms with Crippen molar-refractivity contribution in [1.82, 2.24) is 14.9 Å². The molecule has 0 aliphatic carbocycles. The second-order valence-corrected chi connectivity index (χ2v) is 7.68. The molecular weight excluding hydrogens is 364 g/mol. The first-order valence-corrected chi connectivity index (χ1v) is 10.0. The molecular formula is C23H28N4O2. The van der Waals surface area contributed by atoms with Crippen LogP contribution in [0, 0.1) is 6.92 Å². The highest BCUT2D eigenvalue weighted by Gasteiger charge is 2.23. The van der Waals surface area contributed by atoms with E-state index in [-0.39, 0.29) is 0 Å².